The van der Waals surface area contributed by atoms with Gasteiger partial charge >= 0.3 is 0 Å². The quantitative estimate of drug-likeness (QED) is 0.473. The van der Waals surface area contributed by atoms with Crippen LogP contribution in [0.2, 0.25) is 0 Å². The van der Waals surface area contributed by atoms with Crippen LogP contribution in [0, 0.1) is 0 Å². The van der Waals surface area contributed by atoms with E-state index >= 15 is 0 Å². The summed E-state index contributed by atoms with van der Waals surface area (Å²) in [6.07, 6.45) is 1.01. The second-order valence-electron chi connectivity index (χ2n) is 4.16. The van der Waals surface area contributed by atoms with E-state index in [1.54, 1.807) is 0 Å². The molecule has 1 atom stereocenters. The fraction of sp³-hybridized carbons (Fsp3) is 0.500. The minimum absolute atomic E-state index is 0.0131. The highest BCUT2D eigenvalue weighted by molar-refractivity contribution is 7.85. The standard InChI is InChI=1S/C12H19NO4S/c14-10-12(9-11-5-2-1-3-6-11)13-7-4-8-18(15,16)17/h1-3,5-6,12-14H,4,7-10H2,(H,15,16,17). The molecule has 5 nitrogen and oxygen atoms in total. The van der Waals surface area contributed by atoms with E-state index < -0.39 is 10.1 Å². The molecule has 0 aromatic heterocycles. The van der Waals surface area contributed by atoms with E-state index in [2.05, 4.69) is 5.32 Å². The van der Waals surface area contributed by atoms with Gasteiger partial charge in [-0.1, -0.05) is 30.3 Å². The highest BCUT2D eigenvalue weighted by atomic mass is 32.2. The molecule has 1 unspecified atom stereocenters. The predicted molar refractivity (Wildman–Crippen MR) is 70.1 cm³/mol. The highest BCUT2D eigenvalue weighted by Gasteiger charge is 2.09. The molecule has 0 saturated heterocycles. The Labute approximate surface area is 108 Å². The largest absolute Gasteiger partial charge is 0.395 e. The molecule has 1 rings (SSSR count). The molecule has 1 aromatic rings. The molecule has 0 radical (unpaired) electrons. The smallest absolute Gasteiger partial charge is 0.264 e. The maximum atomic E-state index is 10.5. The van der Waals surface area contributed by atoms with E-state index in [1.165, 1.54) is 0 Å². The molecule has 0 saturated carbocycles. The molecule has 0 fully saturated rings. The first kappa shape index (κ1) is 15.1. The third kappa shape index (κ3) is 6.70. The molecule has 3 N–H and O–H groups in total. The van der Waals surface area contributed by atoms with Crippen molar-refractivity contribution in [3.8, 4) is 0 Å². The first-order chi connectivity index (χ1) is 8.51. The summed E-state index contributed by atoms with van der Waals surface area (Å²) in [6, 6.07) is 9.64. The lowest BCUT2D eigenvalue weighted by atomic mass is 10.1. The van der Waals surface area contributed by atoms with Crippen LogP contribution in [0.4, 0.5) is 0 Å². The van der Waals surface area contributed by atoms with Crippen LogP contribution in [0.1, 0.15) is 12.0 Å². The van der Waals surface area contributed by atoms with Crippen molar-refractivity contribution in [1.29, 1.82) is 0 Å². The summed E-state index contributed by atoms with van der Waals surface area (Å²) in [4.78, 5) is 0. The van der Waals surface area contributed by atoms with Crippen LogP contribution in [0.3, 0.4) is 0 Å². The van der Waals surface area contributed by atoms with Gasteiger partial charge in [0.05, 0.1) is 12.4 Å². The van der Waals surface area contributed by atoms with Gasteiger partial charge in [0.2, 0.25) is 0 Å². The fourth-order valence-electron chi connectivity index (χ4n) is 1.66. The zero-order chi connectivity index (χ0) is 13.4. The van der Waals surface area contributed by atoms with Crippen molar-refractivity contribution in [3.05, 3.63) is 35.9 Å². The van der Waals surface area contributed by atoms with Crippen LogP contribution >= 0.6 is 0 Å². The Morgan fingerprint density at radius 1 is 1.22 bits per heavy atom. The van der Waals surface area contributed by atoms with Crippen molar-refractivity contribution < 1.29 is 18.1 Å². The van der Waals surface area contributed by atoms with Crippen molar-refractivity contribution in [1.82, 2.24) is 5.32 Å². The number of aliphatic hydroxyl groups excluding tert-OH is 1. The molecular formula is C12H19NO4S. The van der Waals surface area contributed by atoms with E-state index in [4.69, 9.17) is 4.55 Å². The average Bonchev–Trinajstić information content (AvgIpc) is 2.33. The Morgan fingerprint density at radius 2 is 1.89 bits per heavy atom. The number of rotatable bonds is 8. The SMILES string of the molecule is O=S(=O)(O)CCCNC(CO)Cc1ccccc1. The predicted octanol–water partition coefficient (Wildman–Crippen LogP) is 0.458. The molecule has 0 heterocycles. The van der Waals surface area contributed by atoms with Crippen molar-refractivity contribution in [2.24, 2.45) is 0 Å². The van der Waals surface area contributed by atoms with Gasteiger partial charge in [0.25, 0.3) is 10.1 Å². The zero-order valence-electron chi connectivity index (χ0n) is 10.1. The summed E-state index contributed by atoms with van der Waals surface area (Å²) in [5.41, 5.74) is 1.11. The second-order valence-corrected chi connectivity index (χ2v) is 5.74. The molecule has 0 aliphatic carbocycles. The summed E-state index contributed by atoms with van der Waals surface area (Å²) >= 11 is 0. The fourth-order valence-corrected chi connectivity index (χ4v) is 2.17. The van der Waals surface area contributed by atoms with Crippen molar-refractivity contribution in [3.63, 3.8) is 0 Å². The van der Waals surface area contributed by atoms with Gasteiger partial charge in [-0.25, -0.2) is 0 Å². The molecule has 0 amide bonds. The Hall–Kier alpha value is -0.950. The minimum Gasteiger partial charge on any atom is -0.395 e. The molecule has 0 bridgehead atoms. The summed E-state index contributed by atoms with van der Waals surface area (Å²) in [5.74, 6) is -0.260. The van der Waals surface area contributed by atoms with E-state index in [0.29, 0.717) is 19.4 Å². The van der Waals surface area contributed by atoms with Crippen LogP contribution in [-0.4, -0.2) is 43.0 Å². The number of hydrogen-bond acceptors (Lipinski definition) is 4. The van der Waals surface area contributed by atoms with Gasteiger partial charge in [0, 0.05) is 6.04 Å². The summed E-state index contributed by atoms with van der Waals surface area (Å²) in [6.45, 7) is 0.429. The van der Waals surface area contributed by atoms with E-state index in [1.807, 2.05) is 30.3 Å². The number of nitrogens with one attached hydrogen (secondary N) is 1. The Balaban J connectivity index is 2.30. The first-order valence-corrected chi connectivity index (χ1v) is 7.45. The number of benzene rings is 1. The van der Waals surface area contributed by atoms with E-state index in [-0.39, 0.29) is 18.4 Å². The molecule has 0 spiro atoms. The lowest BCUT2D eigenvalue weighted by Crippen LogP contribution is -2.35. The van der Waals surface area contributed by atoms with Gasteiger partial charge in [-0.3, -0.25) is 4.55 Å². The third-order valence-electron chi connectivity index (χ3n) is 2.56. The monoisotopic (exact) mass is 273 g/mol. The van der Waals surface area contributed by atoms with Crippen LogP contribution in [-0.2, 0) is 16.5 Å². The number of hydrogen-bond donors (Lipinski definition) is 3. The van der Waals surface area contributed by atoms with Gasteiger partial charge < -0.3 is 10.4 Å². The summed E-state index contributed by atoms with van der Waals surface area (Å²) < 4.78 is 29.6. The lowest BCUT2D eigenvalue weighted by molar-refractivity contribution is 0.242. The molecule has 0 aliphatic heterocycles. The van der Waals surface area contributed by atoms with Gasteiger partial charge in [-0.05, 0) is 24.9 Å². The van der Waals surface area contributed by atoms with Gasteiger partial charge in [-0.15, -0.1) is 0 Å². The second kappa shape index (κ2) is 7.48. The Kier molecular flexibility index (Phi) is 6.28. The zero-order valence-corrected chi connectivity index (χ0v) is 10.9. The summed E-state index contributed by atoms with van der Waals surface area (Å²) in [5, 5.41) is 12.3. The molecule has 6 heteroatoms. The Bertz CT molecular complexity index is 433. The van der Waals surface area contributed by atoms with Gasteiger partial charge in [0.15, 0.2) is 0 Å². The average molecular weight is 273 g/mol. The van der Waals surface area contributed by atoms with E-state index in [0.717, 1.165) is 5.56 Å². The summed E-state index contributed by atoms with van der Waals surface area (Å²) in [7, 11) is -3.89. The number of aliphatic hydroxyl groups is 1. The highest BCUT2D eigenvalue weighted by Crippen LogP contribution is 2.02. The molecule has 102 valence electrons. The Morgan fingerprint density at radius 3 is 2.44 bits per heavy atom. The minimum atomic E-state index is -3.89. The van der Waals surface area contributed by atoms with Crippen LogP contribution in [0.25, 0.3) is 0 Å². The third-order valence-corrected chi connectivity index (χ3v) is 3.36. The van der Waals surface area contributed by atoms with Crippen LogP contribution in [0.5, 0.6) is 0 Å². The maximum absolute atomic E-state index is 10.5. The molecule has 1 aromatic carbocycles. The van der Waals surface area contributed by atoms with Crippen molar-refractivity contribution >= 4 is 10.1 Å². The molecule has 0 aliphatic rings. The van der Waals surface area contributed by atoms with Crippen molar-refractivity contribution in [2.75, 3.05) is 18.9 Å². The van der Waals surface area contributed by atoms with Crippen LogP contribution < -0.4 is 5.32 Å². The lowest BCUT2D eigenvalue weighted by Gasteiger charge is -2.16. The van der Waals surface area contributed by atoms with Crippen molar-refractivity contribution in [2.45, 2.75) is 18.9 Å². The molecular weight excluding hydrogens is 254 g/mol. The normalized spacial score (nSPS) is 13.4. The van der Waals surface area contributed by atoms with Gasteiger partial charge in [-0.2, -0.15) is 8.42 Å². The maximum Gasteiger partial charge on any atom is 0.264 e. The molecule has 18 heavy (non-hydrogen) atoms. The van der Waals surface area contributed by atoms with Crippen LogP contribution in [0.15, 0.2) is 30.3 Å². The van der Waals surface area contributed by atoms with Gasteiger partial charge in [0.1, 0.15) is 0 Å². The first-order valence-electron chi connectivity index (χ1n) is 5.84. The topological polar surface area (TPSA) is 86.6 Å². The van der Waals surface area contributed by atoms with E-state index in [9.17, 15) is 13.5 Å².